The molecule has 1 N–H and O–H groups in total. The van der Waals surface area contributed by atoms with Gasteiger partial charge in [0.2, 0.25) is 0 Å². The Labute approximate surface area is 156 Å². The first-order valence-corrected chi connectivity index (χ1v) is 9.11. The number of hydrogen-bond acceptors (Lipinski definition) is 3. The molecular weight excluding hydrogens is 324 g/mol. The molecule has 0 saturated heterocycles. The van der Waals surface area contributed by atoms with Crippen LogP contribution in [0.1, 0.15) is 42.5 Å². The van der Waals surface area contributed by atoms with E-state index < -0.39 is 0 Å². The summed E-state index contributed by atoms with van der Waals surface area (Å²) in [5, 5.41) is 9.04. The summed E-state index contributed by atoms with van der Waals surface area (Å²) in [7, 11) is 0. The maximum absolute atomic E-state index is 11.8. The lowest BCUT2D eigenvalue weighted by molar-refractivity contribution is -0.140. The number of ether oxygens (including phenoxy) is 1. The second-order valence-electron chi connectivity index (χ2n) is 6.69. The predicted octanol–water partition coefficient (Wildman–Crippen LogP) is 4.77. The molecule has 0 amide bonds. The fourth-order valence-electron chi connectivity index (χ4n) is 3.01. The summed E-state index contributed by atoms with van der Waals surface area (Å²) < 4.78 is 5.39. The van der Waals surface area contributed by atoms with Crippen LogP contribution in [0.15, 0.2) is 48.6 Å². The lowest BCUT2D eigenvalue weighted by Gasteiger charge is -2.16. The van der Waals surface area contributed by atoms with Crippen LogP contribution in [0.3, 0.4) is 0 Å². The third-order valence-electron chi connectivity index (χ3n) is 4.43. The molecule has 0 aliphatic rings. The third kappa shape index (κ3) is 5.06. The van der Waals surface area contributed by atoms with E-state index in [0.29, 0.717) is 5.57 Å². The Balaban J connectivity index is 2.38. The summed E-state index contributed by atoms with van der Waals surface area (Å²) in [6.45, 7) is 9.91. The molecule has 0 saturated carbocycles. The molecule has 2 rings (SSSR count). The normalized spacial score (nSPS) is 10.6. The molecule has 2 aromatic rings. The summed E-state index contributed by atoms with van der Waals surface area (Å²) >= 11 is 0. The van der Waals surface area contributed by atoms with Gasteiger partial charge in [-0.1, -0.05) is 55.5 Å². The second kappa shape index (κ2) is 9.35. The first-order chi connectivity index (χ1) is 12.5. The molecule has 0 atom stereocenters. The number of esters is 1. The van der Waals surface area contributed by atoms with E-state index in [0.717, 1.165) is 36.0 Å². The number of hydrogen-bond donors (Lipinski definition) is 1. The zero-order valence-corrected chi connectivity index (χ0v) is 16.0. The zero-order valence-electron chi connectivity index (χ0n) is 16.0. The van der Waals surface area contributed by atoms with Gasteiger partial charge in [-0.05, 0) is 60.9 Å². The van der Waals surface area contributed by atoms with Gasteiger partial charge in [0.15, 0.2) is 0 Å². The average molecular weight is 352 g/mol. The van der Waals surface area contributed by atoms with Crippen LogP contribution in [0, 0.1) is 6.92 Å². The Kier molecular flexibility index (Phi) is 7.16. The monoisotopic (exact) mass is 352 g/mol. The lowest BCUT2D eigenvalue weighted by Crippen LogP contribution is -2.06. The molecule has 0 spiro atoms. The highest BCUT2D eigenvalue weighted by Gasteiger charge is 2.12. The molecule has 0 aromatic heterocycles. The molecule has 138 valence electrons. The van der Waals surface area contributed by atoms with Crippen molar-refractivity contribution in [3.05, 3.63) is 70.8 Å². The fraction of sp³-hybridized carbons (Fsp3) is 0.348. The maximum atomic E-state index is 11.8. The summed E-state index contributed by atoms with van der Waals surface area (Å²) in [4.78, 5) is 11.8. The minimum atomic E-state index is -0.368. The summed E-state index contributed by atoms with van der Waals surface area (Å²) in [6.07, 6.45) is 2.57. The first-order valence-electron chi connectivity index (χ1n) is 9.11. The van der Waals surface area contributed by atoms with Crippen molar-refractivity contribution in [2.75, 3.05) is 6.61 Å². The van der Waals surface area contributed by atoms with Gasteiger partial charge in [0, 0.05) is 12.2 Å². The van der Waals surface area contributed by atoms with Crippen LogP contribution in [0.4, 0.5) is 0 Å². The summed E-state index contributed by atoms with van der Waals surface area (Å²) in [5.41, 5.74) is 7.29. The van der Waals surface area contributed by atoms with Gasteiger partial charge in [-0.15, -0.1) is 0 Å². The van der Waals surface area contributed by atoms with Gasteiger partial charge in [-0.2, -0.15) is 0 Å². The van der Waals surface area contributed by atoms with Gasteiger partial charge in [0.25, 0.3) is 0 Å². The van der Waals surface area contributed by atoms with Gasteiger partial charge in [-0.3, -0.25) is 0 Å². The predicted molar refractivity (Wildman–Crippen MR) is 106 cm³/mol. The lowest BCUT2D eigenvalue weighted by atomic mass is 9.91. The topological polar surface area (TPSA) is 46.5 Å². The van der Waals surface area contributed by atoms with Gasteiger partial charge in [0.05, 0.1) is 0 Å². The minimum absolute atomic E-state index is 0.208. The minimum Gasteiger partial charge on any atom is -0.457 e. The number of carbonyl (C=O) groups excluding carboxylic acids is 1. The molecule has 3 heteroatoms. The largest absolute Gasteiger partial charge is 0.457 e. The van der Waals surface area contributed by atoms with Crippen molar-refractivity contribution in [2.45, 2.75) is 46.6 Å². The number of aryl methyl sites for hydroxylation is 3. The van der Waals surface area contributed by atoms with Crippen LogP contribution in [0.2, 0.25) is 0 Å². The van der Waals surface area contributed by atoms with Crippen molar-refractivity contribution in [2.24, 2.45) is 0 Å². The van der Waals surface area contributed by atoms with Crippen LogP contribution in [-0.2, 0) is 29.0 Å². The van der Waals surface area contributed by atoms with Crippen molar-refractivity contribution in [1.29, 1.82) is 0 Å². The maximum Gasteiger partial charge on any atom is 0.333 e. The van der Waals surface area contributed by atoms with E-state index in [4.69, 9.17) is 9.84 Å². The highest BCUT2D eigenvalue weighted by Crippen LogP contribution is 2.30. The molecule has 0 radical (unpaired) electrons. The molecular formula is C23H28O3. The van der Waals surface area contributed by atoms with Gasteiger partial charge < -0.3 is 9.84 Å². The number of aliphatic hydroxyl groups is 1. The van der Waals surface area contributed by atoms with Crippen LogP contribution in [0.25, 0.3) is 11.1 Å². The number of carbonyl (C=O) groups is 1. The Morgan fingerprint density at radius 2 is 1.81 bits per heavy atom. The van der Waals surface area contributed by atoms with E-state index in [1.54, 1.807) is 6.92 Å². The first kappa shape index (κ1) is 19.9. The van der Waals surface area contributed by atoms with Crippen LogP contribution >= 0.6 is 0 Å². The van der Waals surface area contributed by atoms with E-state index >= 15 is 0 Å². The van der Waals surface area contributed by atoms with E-state index in [1.165, 1.54) is 16.7 Å². The van der Waals surface area contributed by atoms with Crippen LogP contribution in [0.5, 0.6) is 0 Å². The van der Waals surface area contributed by atoms with E-state index in [-0.39, 0.29) is 19.2 Å². The molecule has 0 aliphatic heterocycles. The van der Waals surface area contributed by atoms with Crippen molar-refractivity contribution < 1.29 is 14.6 Å². The van der Waals surface area contributed by atoms with Crippen LogP contribution < -0.4 is 0 Å². The quantitative estimate of drug-likeness (QED) is 0.550. The fourth-order valence-corrected chi connectivity index (χ4v) is 3.01. The van der Waals surface area contributed by atoms with Crippen molar-refractivity contribution in [1.82, 2.24) is 0 Å². The average Bonchev–Trinajstić information content (AvgIpc) is 2.64. The zero-order chi connectivity index (χ0) is 19.1. The molecule has 0 unspecified atom stereocenters. The third-order valence-corrected chi connectivity index (χ3v) is 4.43. The molecule has 3 nitrogen and oxygen atoms in total. The Hall–Kier alpha value is -2.39. The van der Waals surface area contributed by atoms with Gasteiger partial charge >= 0.3 is 5.97 Å². The Morgan fingerprint density at radius 1 is 1.12 bits per heavy atom. The molecule has 0 fully saturated rings. The summed E-state index contributed by atoms with van der Waals surface area (Å²) in [6, 6.07) is 12.7. The molecule has 2 aromatic carbocycles. The van der Waals surface area contributed by atoms with Gasteiger partial charge in [-0.25, -0.2) is 4.79 Å². The SMILES string of the molecule is C=C(C)C(=O)OCc1cc(C)ccc1-c1ccc(CCCO)cc1CC. The van der Waals surface area contributed by atoms with Gasteiger partial charge in [0.1, 0.15) is 6.61 Å². The molecule has 0 bridgehead atoms. The van der Waals surface area contributed by atoms with E-state index in [1.807, 2.05) is 6.92 Å². The molecule has 0 aliphatic carbocycles. The number of aliphatic hydroxyl groups excluding tert-OH is 1. The smallest absolute Gasteiger partial charge is 0.333 e. The van der Waals surface area contributed by atoms with E-state index in [2.05, 4.69) is 49.9 Å². The number of benzene rings is 2. The molecule has 0 heterocycles. The van der Waals surface area contributed by atoms with Crippen molar-refractivity contribution in [3.63, 3.8) is 0 Å². The highest BCUT2D eigenvalue weighted by atomic mass is 16.5. The standard InChI is InChI=1S/C23H28O3/c1-5-19-14-18(7-6-12-24)9-11-21(19)22-10-8-17(4)13-20(22)15-26-23(25)16(2)3/h8-11,13-14,24H,2,5-7,12,15H2,1,3-4H3. The Morgan fingerprint density at radius 3 is 2.46 bits per heavy atom. The van der Waals surface area contributed by atoms with E-state index in [9.17, 15) is 4.79 Å². The van der Waals surface area contributed by atoms with Crippen molar-refractivity contribution >= 4 is 5.97 Å². The number of rotatable bonds is 8. The highest BCUT2D eigenvalue weighted by molar-refractivity contribution is 5.87. The van der Waals surface area contributed by atoms with Crippen LogP contribution in [-0.4, -0.2) is 17.7 Å². The van der Waals surface area contributed by atoms with Crippen molar-refractivity contribution in [3.8, 4) is 11.1 Å². The summed E-state index contributed by atoms with van der Waals surface area (Å²) in [5.74, 6) is -0.368. The molecule has 26 heavy (non-hydrogen) atoms. The Bertz CT molecular complexity index is 790. The second-order valence-corrected chi connectivity index (χ2v) is 6.69.